The molecule has 0 bridgehead atoms. The third-order valence-electron chi connectivity index (χ3n) is 2.85. The average Bonchev–Trinajstić information content (AvgIpc) is 1.97. The van der Waals surface area contributed by atoms with Crippen LogP contribution in [0.1, 0.15) is 40.0 Å². The minimum absolute atomic E-state index is 0.187. The van der Waals surface area contributed by atoms with Crippen molar-refractivity contribution in [2.45, 2.75) is 58.2 Å². The van der Waals surface area contributed by atoms with Gasteiger partial charge in [-0.2, -0.15) is 0 Å². The zero-order valence-corrected chi connectivity index (χ0v) is 8.45. The van der Waals surface area contributed by atoms with Gasteiger partial charge in [0.25, 0.3) is 0 Å². The molecule has 0 spiro atoms. The molecule has 12 heavy (non-hydrogen) atoms. The van der Waals surface area contributed by atoms with Gasteiger partial charge < -0.3 is 5.11 Å². The van der Waals surface area contributed by atoms with Crippen LogP contribution in [0.25, 0.3) is 0 Å². The SMILES string of the molecule is C[C@H](O)CN1[C@H](C)CCC[C@@H]1C. The Balaban J connectivity index is 2.45. The number of β-amino-alcohol motifs (C(OH)–C–C–N with tert-alkyl or cyclic N) is 1. The van der Waals surface area contributed by atoms with Gasteiger partial charge in [0.15, 0.2) is 0 Å². The first kappa shape index (κ1) is 10.0. The molecule has 1 heterocycles. The van der Waals surface area contributed by atoms with Crippen molar-refractivity contribution >= 4 is 0 Å². The molecule has 2 heteroatoms. The van der Waals surface area contributed by atoms with Crippen LogP contribution in [0.15, 0.2) is 0 Å². The number of hydrogen-bond donors (Lipinski definition) is 1. The number of piperidine rings is 1. The van der Waals surface area contributed by atoms with E-state index in [4.69, 9.17) is 0 Å². The van der Waals surface area contributed by atoms with Gasteiger partial charge in [-0.3, -0.25) is 4.90 Å². The molecule has 1 saturated heterocycles. The van der Waals surface area contributed by atoms with Gasteiger partial charge in [0, 0.05) is 18.6 Å². The fraction of sp³-hybridized carbons (Fsp3) is 1.00. The highest BCUT2D eigenvalue weighted by Crippen LogP contribution is 2.22. The van der Waals surface area contributed by atoms with Crippen LogP contribution in [0, 0.1) is 0 Å². The van der Waals surface area contributed by atoms with Gasteiger partial charge in [-0.05, 0) is 33.6 Å². The summed E-state index contributed by atoms with van der Waals surface area (Å²) in [6.07, 6.45) is 3.74. The van der Waals surface area contributed by atoms with Crippen molar-refractivity contribution < 1.29 is 5.11 Å². The molecule has 0 amide bonds. The highest BCUT2D eigenvalue weighted by Gasteiger charge is 2.24. The second-order valence-corrected chi connectivity index (χ2v) is 4.17. The molecule has 0 radical (unpaired) electrons. The second-order valence-electron chi connectivity index (χ2n) is 4.17. The molecule has 0 unspecified atom stereocenters. The minimum Gasteiger partial charge on any atom is -0.392 e. The maximum Gasteiger partial charge on any atom is 0.0639 e. The average molecular weight is 171 g/mol. The molecule has 0 saturated carbocycles. The number of hydrogen-bond acceptors (Lipinski definition) is 2. The van der Waals surface area contributed by atoms with E-state index in [1.807, 2.05) is 6.92 Å². The number of likely N-dealkylation sites (tertiary alicyclic amines) is 1. The van der Waals surface area contributed by atoms with Crippen LogP contribution in [0.4, 0.5) is 0 Å². The summed E-state index contributed by atoms with van der Waals surface area (Å²) in [7, 11) is 0. The lowest BCUT2D eigenvalue weighted by molar-refractivity contribution is 0.0489. The maximum absolute atomic E-state index is 9.30. The highest BCUT2D eigenvalue weighted by atomic mass is 16.3. The van der Waals surface area contributed by atoms with Gasteiger partial charge in [0.2, 0.25) is 0 Å². The second kappa shape index (κ2) is 4.24. The molecule has 1 rings (SSSR count). The molecule has 3 atom stereocenters. The van der Waals surface area contributed by atoms with Crippen molar-refractivity contribution in [3.8, 4) is 0 Å². The van der Waals surface area contributed by atoms with E-state index in [0.29, 0.717) is 12.1 Å². The summed E-state index contributed by atoms with van der Waals surface area (Å²) in [6, 6.07) is 1.31. The van der Waals surface area contributed by atoms with E-state index in [2.05, 4.69) is 18.7 Å². The van der Waals surface area contributed by atoms with E-state index in [9.17, 15) is 5.11 Å². The monoisotopic (exact) mass is 171 g/mol. The fourth-order valence-corrected chi connectivity index (χ4v) is 2.14. The number of rotatable bonds is 2. The molecule has 1 N–H and O–H groups in total. The largest absolute Gasteiger partial charge is 0.392 e. The molecule has 0 aromatic heterocycles. The van der Waals surface area contributed by atoms with Crippen molar-refractivity contribution in [1.29, 1.82) is 0 Å². The standard InChI is InChI=1S/C10H21NO/c1-8-5-4-6-9(2)11(8)7-10(3)12/h8-10,12H,4-7H2,1-3H3/t8-,9+,10-/m0/s1. The van der Waals surface area contributed by atoms with E-state index in [1.165, 1.54) is 19.3 Å². The Morgan fingerprint density at radius 2 is 1.83 bits per heavy atom. The predicted octanol–water partition coefficient (Wildman–Crippen LogP) is 1.63. The molecule has 2 nitrogen and oxygen atoms in total. The topological polar surface area (TPSA) is 23.5 Å². The van der Waals surface area contributed by atoms with E-state index in [1.54, 1.807) is 0 Å². The van der Waals surface area contributed by atoms with Crippen LogP contribution in [-0.2, 0) is 0 Å². The van der Waals surface area contributed by atoms with Crippen LogP contribution < -0.4 is 0 Å². The molecule has 1 aliphatic heterocycles. The molecule has 1 fully saturated rings. The van der Waals surface area contributed by atoms with E-state index in [-0.39, 0.29) is 6.10 Å². The van der Waals surface area contributed by atoms with E-state index in [0.717, 1.165) is 6.54 Å². The van der Waals surface area contributed by atoms with Crippen molar-refractivity contribution in [3.63, 3.8) is 0 Å². The third kappa shape index (κ3) is 2.46. The lowest BCUT2D eigenvalue weighted by Gasteiger charge is -2.39. The van der Waals surface area contributed by atoms with Gasteiger partial charge in [-0.1, -0.05) is 6.42 Å². The number of nitrogens with zero attached hydrogens (tertiary/aromatic N) is 1. The van der Waals surface area contributed by atoms with Crippen LogP contribution in [0.5, 0.6) is 0 Å². The van der Waals surface area contributed by atoms with Gasteiger partial charge in [0.05, 0.1) is 6.10 Å². The maximum atomic E-state index is 9.30. The summed E-state index contributed by atoms with van der Waals surface area (Å²) in [5.41, 5.74) is 0. The van der Waals surface area contributed by atoms with Gasteiger partial charge in [-0.15, -0.1) is 0 Å². The van der Waals surface area contributed by atoms with E-state index >= 15 is 0 Å². The first-order valence-electron chi connectivity index (χ1n) is 5.05. The predicted molar refractivity (Wildman–Crippen MR) is 51.2 cm³/mol. The summed E-state index contributed by atoms with van der Waals surface area (Å²) in [5, 5.41) is 9.30. The quantitative estimate of drug-likeness (QED) is 0.682. The minimum atomic E-state index is -0.187. The molecular weight excluding hydrogens is 150 g/mol. The zero-order chi connectivity index (χ0) is 9.14. The Morgan fingerprint density at radius 3 is 2.25 bits per heavy atom. The van der Waals surface area contributed by atoms with Gasteiger partial charge in [0.1, 0.15) is 0 Å². The summed E-state index contributed by atoms with van der Waals surface area (Å²) >= 11 is 0. The van der Waals surface area contributed by atoms with Crippen LogP contribution in [-0.4, -0.2) is 34.7 Å². The molecule has 72 valence electrons. The van der Waals surface area contributed by atoms with Gasteiger partial charge >= 0.3 is 0 Å². The Kier molecular flexibility index (Phi) is 3.53. The molecule has 1 aliphatic rings. The van der Waals surface area contributed by atoms with Crippen LogP contribution >= 0.6 is 0 Å². The van der Waals surface area contributed by atoms with Crippen molar-refractivity contribution in [2.24, 2.45) is 0 Å². The zero-order valence-electron chi connectivity index (χ0n) is 8.45. The summed E-state index contributed by atoms with van der Waals surface area (Å²) in [5.74, 6) is 0. The first-order chi connectivity index (χ1) is 5.61. The Labute approximate surface area is 75.6 Å². The lowest BCUT2D eigenvalue weighted by atomic mass is 9.97. The number of aliphatic hydroxyl groups is 1. The molecular formula is C10H21NO. The van der Waals surface area contributed by atoms with Crippen molar-refractivity contribution in [3.05, 3.63) is 0 Å². The third-order valence-corrected chi connectivity index (χ3v) is 2.85. The Hall–Kier alpha value is -0.0800. The summed E-state index contributed by atoms with van der Waals surface area (Å²) in [6.45, 7) is 7.23. The Bertz CT molecular complexity index is 126. The number of aliphatic hydroxyl groups excluding tert-OH is 1. The summed E-state index contributed by atoms with van der Waals surface area (Å²) in [4.78, 5) is 2.42. The van der Waals surface area contributed by atoms with Crippen molar-refractivity contribution in [1.82, 2.24) is 4.90 Å². The first-order valence-corrected chi connectivity index (χ1v) is 5.05. The van der Waals surface area contributed by atoms with Crippen molar-refractivity contribution in [2.75, 3.05) is 6.54 Å². The lowest BCUT2D eigenvalue weighted by Crippen LogP contribution is -2.46. The smallest absolute Gasteiger partial charge is 0.0639 e. The Morgan fingerprint density at radius 1 is 1.33 bits per heavy atom. The molecule has 0 aromatic rings. The van der Waals surface area contributed by atoms with E-state index < -0.39 is 0 Å². The van der Waals surface area contributed by atoms with Crippen LogP contribution in [0.3, 0.4) is 0 Å². The van der Waals surface area contributed by atoms with Gasteiger partial charge in [-0.25, -0.2) is 0 Å². The molecule has 0 aliphatic carbocycles. The van der Waals surface area contributed by atoms with Crippen LogP contribution in [0.2, 0.25) is 0 Å². The normalized spacial score (nSPS) is 35.0. The molecule has 0 aromatic carbocycles. The highest BCUT2D eigenvalue weighted by molar-refractivity contribution is 4.80. The fourth-order valence-electron chi connectivity index (χ4n) is 2.14. The summed E-state index contributed by atoms with van der Waals surface area (Å²) < 4.78 is 0.